The van der Waals surface area contributed by atoms with Crippen LogP contribution in [-0.4, -0.2) is 48.7 Å². The minimum Gasteiger partial charge on any atom is -0.379 e. The van der Waals surface area contributed by atoms with Gasteiger partial charge in [-0.25, -0.2) is 9.97 Å². The average Bonchev–Trinajstić information content (AvgIpc) is 2.79. The van der Waals surface area contributed by atoms with Crippen LogP contribution >= 0.6 is 11.6 Å². The number of nitrogens with one attached hydrogen (secondary N) is 1. The minimum absolute atomic E-state index is 0.000828. The summed E-state index contributed by atoms with van der Waals surface area (Å²) >= 11 is 6.00. The van der Waals surface area contributed by atoms with E-state index < -0.39 is 0 Å². The molecule has 1 N–H and O–H groups in total. The van der Waals surface area contributed by atoms with Crippen LogP contribution in [0.3, 0.4) is 0 Å². The van der Waals surface area contributed by atoms with Gasteiger partial charge in [-0.05, 0) is 44.5 Å². The van der Waals surface area contributed by atoms with Crippen molar-refractivity contribution in [3.05, 3.63) is 41.2 Å². The molecule has 3 rings (SSSR count). The third-order valence-electron chi connectivity index (χ3n) is 4.48. The van der Waals surface area contributed by atoms with E-state index in [4.69, 9.17) is 16.3 Å². The second-order valence-electron chi connectivity index (χ2n) is 7.04. The van der Waals surface area contributed by atoms with Crippen LogP contribution in [0.2, 0.25) is 5.02 Å². The summed E-state index contributed by atoms with van der Waals surface area (Å²) < 4.78 is 5.58. The van der Waals surface area contributed by atoms with E-state index in [1.807, 2.05) is 37.9 Å². The predicted molar refractivity (Wildman–Crippen MR) is 112 cm³/mol. The Morgan fingerprint density at radius 2 is 1.96 bits per heavy atom. The van der Waals surface area contributed by atoms with E-state index in [0.717, 1.165) is 35.9 Å². The summed E-state index contributed by atoms with van der Waals surface area (Å²) in [5.41, 5.74) is 1.70. The molecular weight excluding hydrogens is 378 g/mol. The van der Waals surface area contributed by atoms with Crippen molar-refractivity contribution in [2.45, 2.75) is 32.9 Å². The molecule has 0 saturated carbocycles. The molecule has 0 spiro atoms. The molecule has 1 amide bonds. The van der Waals surface area contributed by atoms with Gasteiger partial charge in [0.05, 0.1) is 24.8 Å². The smallest absolute Gasteiger partial charge is 0.246 e. The minimum atomic E-state index is -0.000828. The lowest BCUT2D eigenvalue weighted by atomic mass is 10.2. The fourth-order valence-electron chi connectivity index (χ4n) is 3.09. The molecule has 2 aromatic rings. The van der Waals surface area contributed by atoms with Crippen molar-refractivity contribution in [3.63, 3.8) is 0 Å². The highest BCUT2D eigenvalue weighted by Gasteiger charge is 2.28. The molecule has 1 aliphatic rings. The molecule has 0 atom stereocenters. The van der Waals surface area contributed by atoms with Crippen LogP contribution in [0.4, 0.5) is 17.3 Å². The lowest BCUT2D eigenvalue weighted by Crippen LogP contribution is -2.35. The van der Waals surface area contributed by atoms with Gasteiger partial charge in [-0.15, -0.1) is 0 Å². The first kappa shape index (κ1) is 20.4. The third kappa shape index (κ3) is 4.91. The number of aromatic nitrogens is 2. The van der Waals surface area contributed by atoms with Crippen molar-refractivity contribution >= 4 is 34.8 Å². The van der Waals surface area contributed by atoms with Crippen molar-refractivity contribution in [2.24, 2.45) is 0 Å². The number of hydrogen-bond acceptors (Lipinski definition) is 6. The first-order chi connectivity index (χ1) is 13.5. The summed E-state index contributed by atoms with van der Waals surface area (Å²) in [6.07, 6.45) is 2.63. The number of ether oxygens (including phenoxy) is 1. The van der Waals surface area contributed by atoms with E-state index >= 15 is 0 Å². The molecule has 0 unspecified atom stereocenters. The van der Waals surface area contributed by atoms with Gasteiger partial charge < -0.3 is 19.9 Å². The zero-order valence-electron chi connectivity index (χ0n) is 16.5. The first-order valence-corrected chi connectivity index (χ1v) is 9.80. The van der Waals surface area contributed by atoms with Gasteiger partial charge in [-0.2, -0.15) is 0 Å². The Morgan fingerprint density at radius 1 is 1.21 bits per heavy atom. The SMILES string of the molecule is CC(C)OCCCNc1ncnc2c1CN(c1ccc(Cl)cc1)C(=O)CN2C. The number of halogens is 1. The maximum absolute atomic E-state index is 12.8. The van der Waals surface area contributed by atoms with E-state index in [9.17, 15) is 4.79 Å². The molecule has 1 aliphatic heterocycles. The largest absolute Gasteiger partial charge is 0.379 e. The summed E-state index contributed by atoms with van der Waals surface area (Å²) in [7, 11) is 1.87. The highest BCUT2D eigenvalue weighted by molar-refractivity contribution is 6.30. The van der Waals surface area contributed by atoms with Crippen LogP contribution in [0.5, 0.6) is 0 Å². The maximum Gasteiger partial charge on any atom is 0.246 e. The van der Waals surface area contributed by atoms with Gasteiger partial charge in [0, 0.05) is 30.9 Å². The fraction of sp³-hybridized carbons (Fsp3) is 0.450. The summed E-state index contributed by atoms with van der Waals surface area (Å²) in [6.45, 7) is 6.11. The molecule has 7 nitrogen and oxygen atoms in total. The van der Waals surface area contributed by atoms with Crippen molar-refractivity contribution in [1.82, 2.24) is 9.97 Å². The number of carbonyl (C=O) groups excluding carboxylic acids is 1. The summed E-state index contributed by atoms with van der Waals surface area (Å²) in [5.74, 6) is 1.51. The number of amides is 1. The Hall–Kier alpha value is -2.38. The zero-order valence-corrected chi connectivity index (χ0v) is 17.2. The number of benzene rings is 1. The van der Waals surface area contributed by atoms with Gasteiger partial charge in [0.2, 0.25) is 5.91 Å². The van der Waals surface area contributed by atoms with Crippen molar-refractivity contribution in [1.29, 1.82) is 0 Å². The summed E-state index contributed by atoms with van der Waals surface area (Å²) in [5, 5.41) is 4.01. The summed E-state index contributed by atoms with van der Waals surface area (Å²) in [4.78, 5) is 25.3. The van der Waals surface area contributed by atoms with E-state index in [1.165, 1.54) is 6.33 Å². The number of hydrogen-bond donors (Lipinski definition) is 1. The monoisotopic (exact) mass is 403 g/mol. The number of anilines is 3. The quantitative estimate of drug-likeness (QED) is 0.715. The van der Waals surface area contributed by atoms with Gasteiger partial charge in [-0.3, -0.25) is 4.79 Å². The molecule has 0 bridgehead atoms. The van der Waals surface area contributed by atoms with Crippen molar-refractivity contribution in [3.8, 4) is 0 Å². The Labute approximate surface area is 170 Å². The van der Waals surface area contributed by atoms with Crippen LogP contribution in [0.1, 0.15) is 25.8 Å². The van der Waals surface area contributed by atoms with Crippen LogP contribution in [0, 0.1) is 0 Å². The zero-order chi connectivity index (χ0) is 20.1. The molecule has 0 aliphatic carbocycles. The fourth-order valence-corrected chi connectivity index (χ4v) is 3.22. The maximum atomic E-state index is 12.8. The Balaban J connectivity index is 1.81. The Morgan fingerprint density at radius 3 is 2.68 bits per heavy atom. The van der Waals surface area contributed by atoms with Gasteiger partial charge in [0.15, 0.2) is 0 Å². The highest BCUT2D eigenvalue weighted by Crippen LogP contribution is 2.30. The lowest BCUT2D eigenvalue weighted by Gasteiger charge is -2.21. The van der Waals surface area contributed by atoms with Crippen molar-refractivity contribution in [2.75, 3.05) is 41.9 Å². The molecule has 1 aromatic heterocycles. The normalized spacial score (nSPS) is 14.2. The van der Waals surface area contributed by atoms with Gasteiger partial charge in [0.1, 0.15) is 18.0 Å². The van der Waals surface area contributed by atoms with Gasteiger partial charge in [-0.1, -0.05) is 11.6 Å². The number of fused-ring (bicyclic) bond motifs is 1. The Kier molecular flexibility index (Phi) is 6.70. The second-order valence-corrected chi connectivity index (χ2v) is 7.47. The molecule has 0 saturated heterocycles. The topological polar surface area (TPSA) is 70.6 Å². The molecule has 1 aromatic carbocycles. The first-order valence-electron chi connectivity index (χ1n) is 9.42. The number of carbonyl (C=O) groups is 1. The molecule has 28 heavy (non-hydrogen) atoms. The van der Waals surface area contributed by atoms with Crippen molar-refractivity contribution < 1.29 is 9.53 Å². The molecule has 150 valence electrons. The van der Waals surface area contributed by atoms with Crippen LogP contribution in [-0.2, 0) is 16.1 Å². The van der Waals surface area contributed by atoms with E-state index in [0.29, 0.717) is 18.2 Å². The van der Waals surface area contributed by atoms with Gasteiger partial charge >= 0.3 is 0 Å². The molecule has 0 fully saturated rings. The van der Waals surface area contributed by atoms with E-state index in [1.54, 1.807) is 17.0 Å². The van der Waals surface area contributed by atoms with Crippen LogP contribution in [0.15, 0.2) is 30.6 Å². The molecular formula is C20H26ClN5O2. The molecule has 2 heterocycles. The van der Waals surface area contributed by atoms with E-state index in [2.05, 4.69) is 15.3 Å². The molecule has 0 radical (unpaired) electrons. The standard InChI is InChI=1S/C20H26ClN5O2/c1-14(2)28-10-4-9-22-19-17-11-26(16-7-5-15(21)6-8-16)18(27)12-25(3)20(17)24-13-23-19/h5-8,13-14H,4,9-12H2,1-3H3,(H,22,23,24). The predicted octanol–water partition coefficient (Wildman–Crippen LogP) is 3.34. The lowest BCUT2D eigenvalue weighted by molar-refractivity contribution is -0.117. The number of rotatable bonds is 7. The number of likely N-dealkylation sites (N-methyl/N-ethyl adjacent to an activating group) is 1. The average molecular weight is 404 g/mol. The molecule has 8 heteroatoms. The Bertz CT molecular complexity index is 813. The van der Waals surface area contributed by atoms with Gasteiger partial charge in [0.25, 0.3) is 0 Å². The highest BCUT2D eigenvalue weighted by atomic mass is 35.5. The van der Waals surface area contributed by atoms with E-state index in [-0.39, 0.29) is 18.6 Å². The summed E-state index contributed by atoms with van der Waals surface area (Å²) in [6, 6.07) is 7.28. The van der Waals surface area contributed by atoms with Crippen LogP contribution < -0.4 is 15.1 Å². The second kappa shape index (κ2) is 9.21. The van der Waals surface area contributed by atoms with Crippen LogP contribution in [0.25, 0.3) is 0 Å². The third-order valence-corrected chi connectivity index (χ3v) is 4.73. The number of nitrogens with zero attached hydrogens (tertiary/aromatic N) is 4.